The van der Waals surface area contributed by atoms with Gasteiger partial charge in [-0.1, -0.05) is 76.7 Å². The maximum absolute atomic E-state index is 6.70. The smallest absolute Gasteiger partial charge is 0.110 e. The Balaban J connectivity index is 2.20. The van der Waals surface area contributed by atoms with Gasteiger partial charge in [-0.05, 0) is 12.0 Å². The molecule has 2 aliphatic carbocycles. The molecule has 0 saturated heterocycles. The minimum atomic E-state index is -1.45. The predicted molar refractivity (Wildman–Crippen MR) is 84.1 cm³/mol. The van der Waals surface area contributed by atoms with Crippen molar-refractivity contribution < 1.29 is 0 Å². The molecule has 102 valence electrons. The lowest BCUT2D eigenvalue weighted by Crippen LogP contribution is -2.43. The minimum Gasteiger partial charge on any atom is -0.110 e. The van der Waals surface area contributed by atoms with Crippen molar-refractivity contribution in [1.29, 1.82) is 0 Å². The number of halogens is 6. The van der Waals surface area contributed by atoms with E-state index in [4.69, 9.17) is 69.6 Å². The van der Waals surface area contributed by atoms with Gasteiger partial charge in [0.1, 0.15) is 9.75 Å². The largest absolute Gasteiger partial charge is 0.166 e. The van der Waals surface area contributed by atoms with Gasteiger partial charge in [0.25, 0.3) is 0 Å². The topological polar surface area (TPSA) is 0 Å². The average molecular weight is 377 g/mol. The van der Waals surface area contributed by atoms with Crippen molar-refractivity contribution in [3.63, 3.8) is 0 Å². The Bertz CT molecular complexity index is 566. The van der Waals surface area contributed by atoms with Crippen LogP contribution in [0.4, 0.5) is 0 Å². The first kappa shape index (κ1) is 14.6. The lowest BCUT2D eigenvalue weighted by molar-refractivity contribution is 0.601. The summed E-state index contributed by atoms with van der Waals surface area (Å²) in [6.45, 7) is 0. The van der Waals surface area contributed by atoms with Crippen molar-refractivity contribution >= 4 is 69.6 Å². The van der Waals surface area contributed by atoms with Crippen LogP contribution in [-0.2, 0) is 0 Å². The standard InChI is InChI=1S/C13H8Cl6/c14-9-10(15)12(17)8(7-4-2-1-3-5-7)6-11(9,16)13(12,18)19/h1-5,8H,6H2/t8-,11-,12+/m0/s1. The van der Waals surface area contributed by atoms with E-state index in [1.807, 2.05) is 30.3 Å². The second kappa shape index (κ2) is 4.35. The summed E-state index contributed by atoms with van der Waals surface area (Å²) in [6, 6.07) is 9.68. The quantitative estimate of drug-likeness (QED) is 0.527. The summed E-state index contributed by atoms with van der Waals surface area (Å²) in [7, 11) is 0. The SMILES string of the molecule is ClC1=C(Cl)[C@]2(Cl)[C@H](c3ccccc3)C[C@@]1(Cl)C2(Cl)Cl. The van der Waals surface area contributed by atoms with E-state index in [9.17, 15) is 0 Å². The van der Waals surface area contributed by atoms with Gasteiger partial charge in [-0.15, -0.1) is 23.2 Å². The van der Waals surface area contributed by atoms with Gasteiger partial charge in [0.05, 0.1) is 10.1 Å². The Kier molecular flexibility index (Phi) is 3.35. The molecule has 1 aromatic rings. The van der Waals surface area contributed by atoms with Gasteiger partial charge in [0, 0.05) is 5.92 Å². The number of benzene rings is 1. The minimum absolute atomic E-state index is 0.183. The van der Waals surface area contributed by atoms with Gasteiger partial charge >= 0.3 is 0 Å². The number of rotatable bonds is 1. The summed E-state index contributed by atoms with van der Waals surface area (Å²) >= 11 is 38.6. The fourth-order valence-electron chi connectivity index (χ4n) is 2.94. The molecule has 0 aliphatic heterocycles. The Morgan fingerprint density at radius 1 is 0.895 bits per heavy atom. The van der Waals surface area contributed by atoms with Crippen molar-refractivity contribution in [1.82, 2.24) is 0 Å². The van der Waals surface area contributed by atoms with E-state index in [0.29, 0.717) is 6.42 Å². The van der Waals surface area contributed by atoms with Crippen molar-refractivity contribution in [2.45, 2.75) is 26.4 Å². The van der Waals surface area contributed by atoms with Gasteiger partial charge < -0.3 is 0 Å². The highest BCUT2D eigenvalue weighted by molar-refractivity contribution is 6.65. The van der Waals surface area contributed by atoms with Crippen LogP contribution in [0.2, 0.25) is 0 Å². The number of hydrogen-bond donors (Lipinski definition) is 0. The van der Waals surface area contributed by atoms with Gasteiger partial charge in [-0.2, -0.15) is 0 Å². The van der Waals surface area contributed by atoms with Gasteiger partial charge in [0.2, 0.25) is 0 Å². The van der Waals surface area contributed by atoms with E-state index in [2.05, 4.69) is 0 Å². The maximum atomic E-state index is 6.70. The number of allylic oxidation sites excluding steroid dienone is 2. The zero-order chi connectivity index (χ0) is 14.1. The van der Waals surface area contributed by atoms with Crippen molar-refractivity contribution in [2.75, 3.05) is 0 Å². The average Bonchev–Trinajstić information content (AvgIpc) is 2.62. The molecule has 1 fully saturated rings. The third-order valence-electron chi connectivity index (χ3n) is 3.98. The van der Waals surface area contributed by atoms with Crippen LogP contribution in [0.1, 0.15) is 17.9 Å². The van der Waals surface area contributed by atoms with Crippen LogP contribution in [0, 0.1) is 0 Å². The molecule has 2 bridgehead atoms. The predicted octanol–water partition coefficient (Wildman–Crippen LogP) is 6.01. The third-order valence-corrected chi connectivity index (χ3v) is 8.26. The summed E-state index contributed by atoms with van der Waals surface area (Å²) < 4.78 is -1.45. The van der Waals surface area contributed by atoms with Crippen LogP contribution in [-0.4, -0.2) is 14.1 Å². The zero-order valence-corrected chi connectivity index (χ0v) is 14.0. The van der Waals surface area contributed by atoms with E-state index in [0.717, 1.165) is 5.56 Å². The van der Waals surface area contributed by atoms with E-state index >= 15 is 0 Å². The molecule has 0 spiro atoms. The summed E-state index contributed by atoms with van der Waals surface area (Å²) in [4.78, 5) is -2.34. The summed E-state index contributed by atoms with van der Waals surface area (Å²) in [5.74, 6) is -0.183. The lowest BCUT2D eigenvalue weighted by Gasteiger charge is -2.34. The van der Waals surface area contributed by atoms with Gasteiger partial charge in [-0.3, -0.25) is 0 Å². The zero-order valence-electron chi connectivity index (χ0n) is 9.44. The normalized spacial score (nSPS) is 40.0. The first-order valence-electron chi connectivity index (χ1n) is 5.63. The van der Waals surface area contributed by atoms with Crippen LogP contribution in [0.3, 0.4) is 0 Å². The first-order valence-corrected chi connectivity index (χ1v) is 7.90. The Morgan fingerprint density at radius 3 is 1.95 bits per heavy atom. The first-order chi connectivity index (χ1) is 8.77. The molecule has 0 aromatic heterocycles. The molecule has 3 rings (SSSR count). The van der Waals surface area contributed by atoms with E-state index in [1.54, 1.807) is 0 Å². The third kappa shape index (κ3) is 1.57. The molecule has 6 heteroatoms. The summed E-state index contributed by atoms with van der Waals surface area (Å²) in [5.41, 5.74) is 0.994. The molecular formula is C13H8Cl6. The molecule has 1 saturated carbocycles. The highest BCUT2D eigenvalue weighted by Gasteiger charge is 2.78. The van der Waals surface area contributed by atoms with Crippen molar-refractivity contribution in [2.24, 2.45) is 0 Å². The molecule has 0 amide bonds. The number of alkyl halides is 4. The maximum Gasteiger partial charge on any atom is 0.166 e. The van der Waals surface area contributed by atoms with Crippen LogP contribution < -0.4 is 0 Å². The van der Waals surface area contributed by atoms with E-state index < -0.39 is 14.1 Å². The molecule has 1 aromatic carbocycles. The number of hydrogen-bond acceptors (Lipinski definition) is 0. The Hall–Kier alpha value is 0.700. The van der Waals surface area contributed by atoms with Crippen LogP contribution in [0.25, 0.3) is 0 Å². The Morgan fingerprint density at radius 2 is 1.47 bits per heavy atom. The van der Waals surface area contributed by atoms with Gasteiger partial charge in [-0.25, -0.2) is 0 Å². The molecule has 0 heterocycles. The molecule has 19 heavy (non-hydrogen) atoms. The molecule has 0 radical (unpaired) electrons. The monoisotopic (exact) mass is 374 g/mol. The van der Waals surface area contributed by atoms with Gasteiger partial charge in [0.15, 0.2) is 4.33 Å². The molecule has 2 aliphatic rings. The molecule has 0 N–H and O–H groups in total. The second-order valence-corrected chi connectivity index (χ2v) is 8.21. The van der Waals surface area contributed by atoms with Crippen molar-refractivity contribution in [3.8, 4) is 0 Å². The van der Waals surface area contributed by atoms with Crippen LogP contribution >= 0.6 is 69.6 Å². The van der Waals surface area contributed by atoms with E-state index in [-0.39, 0.29) is 16.0 Å². The highest BCUT2D eigenvalue weighted by atomic mass is 35.5. The van der Waals surface area contributed by atoms with Crippen molar-refractivity contribution in [3.05, 3.63) is 46.0 Å². The number of fused-ring (bicyclic) bond motifs is 2. The lowest BCUT2D eigenvalue weighted by atomic mass is 9.86. The second-order valence-electron chi connectivity index (χ2n) is 4.88. The fraction of sp³-hybridized carbons (Fsp3) is 0.385. The fourth-order valence-corrected chi connectivity index (χ4v) is 5.74. The van der Waals surface area contributed by atoms with Crippen LogP contribution in [0.15, 0.2) is 40.4 Å². The molecule has 0 unspecified atom stereocenters. The highest BCUT2D eigenvalue weighted by Crippen LogP contribution is 2.76. The molecule has 3 atom stereocenters. The molecular weight excluding hydrogens is 369 g/mol. The van der Waals surface area contributed by atoms with E-state index in [1.165, 1.54) is 0 Å². The molecule has 0 nitrogen and oxygen atoms in total. The Labute approximate surface area is 141 Å². The van der Waals surface area contributed by atoms with Crippen LogP contribution in [0.5, 0.6) is 0 Å². The summed E-state index contributed by atoms with van der Waals surface area (Å²) in [6.07, 6.45) is 0.449. The summed E-state index contributed by atoms with van der Waals surface area (Å²) in [5, 5.41) is 0.499.